The first kappa shape index (κ1) is 28.1. The normalized spacial score (nSPS) is 13.0. The van der Waals surface area contributed by atoms with Gasteiger partial charge in [0.25, 0.3) is 0 Å². The summed E-state index contributed by atoms with van der Waals surface area (Å²) in [4.78, 5) is 34.4. The highest BCUT2D eigenvalue weighted by Crippen LogP contribution is 2.56. The maximum Gasteiger partial charge on any atom is 0.0743 e. The fourth-order valence-electron chi connectivity index (χ4n) is 8.53. The van der Waals surface area contributed by atoms with Gasteiger partial charge in [-0.2, -0.15) is 0 Å². The van der Waals surface area contributed by atoms with Gasteiger partial charge in [0, 0.05) is 66.4 Å². The number of fused-ring (bicyclic) bond motifs is 28. The Morgan fingerprint density at radius 3 is 0.759 bits per heavy atom. The molecular weight excluding hydrogens is 665 g/mol. The Morgan fingerprint density at radius 1 is 0.259 bits per heavy atom. The van der Waals surface area contributed by atoms with E-state index in [0.29, 0.717) is 0 Å². The number of hydrogen-bond acceptors (Lipinski definition) is 4. The molecule has 0 amide bonds. The van der Waals surface area contributed by atoms with Crippen LogP contribution in [0.5, 0.6) is 0 Å². The third-order valence-corrected chi connectivity index (χ3v) is 10.9. The lowest BCUT2D eigenvalue weighted by Gasteiger charge is -2.20. The van der Waals surface area contributed by atoms with Gasteiger partial charge in [-0.1, -0.05) is 0 Å². The van der Waals surface area contributed by atoms with Gasteiger partial charge in [-0.05, 0) is 155 Å². The average molecular weight is 691 g/mol. The first-order valence-corrected chi connectivity index (χ1v) is 18.0. The molecule has 54 heavy (non-hydrogen) atoms. The summed E-state index contributed by atoms with van der Waals surface area (Å²) < 4.78 is 0. The summed E-state index contributed by atoms with van der Waals surface area (Å²) >= 11 is 0. The van der Waals surface area contributed by atoms with Crippen LogP contribution in [0.15, 0.2) is 109 Å². The lowest BCUT2D eigenvalue weighted by Crippen LogP contribution is -1.94. The van der Waals surface area contributed by atoms with Crippen LogP contribution in [0.2, 0.25) is 0 Å². The number of H-pyrrole nitrogens is 4. The van der Waals surface area contributed by atoms with Crippen molar-refractivity contribution >= 4 is 90.0 Å². The largest absolute Gasteiger partial charge is 0.355 e. The molecule has 8 heteroatoms. The van der Waals surface area contributed by atoms with Gasteiger partial charge in [0.05, 0.1) is 45.6 Å². The first-order chi connectivity index (χ1) is 26.6. The van der Waals surface area contributed by atoms with E-state index >= 15 is 0 Å². The molecule has 4 N–H and O–H groups in total. The standard InChI is InChI=1S/C46H26N8/c1-2-24-14-28-6-10-32(50-28)18-40-44-36-22-38-37(21-35(36)43(44)39(53-40)17-31-9-5-27(49-31)13-23(1)47-24)45-41-19-33-11-7-29(51-33)15-25-3-4-26(48-25)16-30-8-12-34(52-30)20-42(54-41)46(38)45/h1-22,49-52H. The third kappa shape index (κ3) is 4.13. The first-order valence-electron chi connectivity index (χ1n) is 18.0. The molecular formula is C46H26N8. The van der Waals surface area contributed by atoms with Crippen LogP contribution in [-0.2, 0) is 0 Å². The van der Waals surface area contributed by atoms with Crippen LogP contribution in [0.1, 0.15) is 22.8 Å². The quantitative estimate of drug-likeness (QED) is 0.127. The van der Waals surface area contributed by atoms with Crippen molar-refractivity contribution in [3.8, 4) is 45.0 Å². The molecule has 0 radical (unpaired) electrons. The zero-order valence-corrected chi connectivity index (χ0v) is 28.5. The Kier molecular flexibility index (Phi) is 5.22. The minimum absolute atomic E-state index is 0.914. The van der Waals surface area contributed by atoms with Crippen LogP contribution >= 0.6 is 0 Å². The Bertz CT molecular complexity index is 3060. The van der Waals surface area contributed by atoms with Crippen LogP contribution in [-0.4, -0.2) is 39.9 Å². The van der Waals surface area contributed by atoms with Crippen LogP contribution < -0.4 is 0 Å². The SMILES string of the molecule is C1=Cc2cc3ccc(cc4nc(cc5ccc(cc1n2)[nH]5)-c1c-4c2cc4c5c(c4cc12)-c1cc2ccc(cc4nc(cc6ccc(cc-5n1)[nH]6)C=C4)[nH]2)[nH]3. The van der Waals surface area contributed by atoms with E-state index in [-0.39, 0.29) is 0 Å². The molecule has 0 saturated carbocycles. The number of aromatic nitrogens is 8. The molecule has 0 spiro atoms. The van der Waals surface area contributed by atoms with E-state index in [1.54, 1.807) is 0 Å². The molecule has 0 atom stereocenters. The van der Waals surface area contributed by atoms with Gasteiger partial charge in [0.1, 0.15) is 0 Å². The molecule has 0 saturated heterocycles. The van der Waals surface area contributed by atoms with E-state index in [0.717, 1.165) is 89.7 Å². The molecule has 0 fully saturated rings. The second-order valence-corrected chi connectivity index (χ2v) is 14.4. The van der Waals surface area contributed by atoms with Gasteiger partial charge in [0.2, 0.25) is 0 Å². The third-order valence-electron chi connectivity index (χ3n) is 10.9. The summed E-state index contributed by atoms with van der Waals surface area (Å²) in [6, 6.07) is 38.4. The fraction of sp³-hybridized carbons (Fsp3) is 0. The van der Waals surface area contributed by atoms with Gasteiger partial charge >= 0.3 is 0 Å². The zero-order chi connectivity index (χ0) is 35.1. The van der Waals surface area contributed by atoms with E-state index in [1.165, 1.54) is 43.8 Å². The second kappa shape index (κ2) is 10.1. The number of hydrogen-bond donors (Lipinski definition) is 4. The van der Waals surface area contributed by atoms with Crippen molar-refractivity contribution in [1.29, 1.82) is 0 Å². The summed E-state index contributed by atoms with van der Waals surface area (Å²) in [7, 11) is 0. The Balaban J connectivity index is 1.05. The van der Waals surface area contributed by atoms with Crippen LogP contribution in [0.25, 0.3) is 135 Å². The van der Waals surface area contributed by atoms with Gasteiger partial charge in [-0.25, -0.2) is 19.9 Å². The summed E-state index contributed by atoms with van der Waals surface area (Å²) in [6.45, 7) is 0. The second-order valence-electron chi connectivity index (χ2n) is 14.4. The van der Waals surface area contributed by atoms with E-state index < -0.39 is 0 Å². The van der Waals surface area contributed by atoms with Gasteiger partial charge in [0.15, 0.2) is 0 Å². The number of benzene rings is 1. The predicted molar refractivity (Wildman–Crippen MR) is 220 cm³/mol. The maximum atomic E-state index is 5.27. The summed E-state index contributed by atoms with van der Waals surface area (Å²) in [5, 5.41) is 4.88. The van der Waals surface area contributed by atoms with Crippen molar-refractivity contribution in [2.24, 2.45) is 0 Å². The maximum absolute atomic E-state index is 5.27. The highest BCUT2D eigenvalue weighted by Gasteiger charge is 2.32. The van der Waals surface area contributed by atoms with Crippen LogP contribution in [0.3, 0.4) is 0 Å². The zero-order valence-electron chi connectivity index (χ0n) is 28.5. The minimum Gasteiger partial charge on any atom is -0.355 e. The smallest absolute Gasteiger partial charge is 0.0743 e. The molecule has 10 heterocycles. The molecule has 8 nitrogen and oxygen atoms in total. The van der Waals surface area contributed by atoms with E-state index in [9.17, 15) is 0 Å². The number of rotatable bonds is 0. The van der Waals surface area contributed by atoms with Crippen LogP contribution in [0, 0.1) is 0 Å². The van der Waals surface area contributed by atoms with Crippen molar-refractivity contribution in [3.63, 3.8) is 0 Å². The molecule has 13 rings (SSSR count). The van der Waals surface area contributed by atoms with Gasteiger partial charge in [-0.3, -0.25) is 0 Å². The van der Waals surface area contributed by atoms with Crippen molar-refractivity contribution in [3.05, 3.63) is 132 Å². The number of aromatic amines is 4. The molecule has 16 bridgehead atoms. The topological polar surface area (TPSA) is 115 Å². The predicted octanol–water partition coefficient (Wildman–Crippen LogP) is 11.1. The summed E-state index contributed by atoms with van der Waals surface area (Å²) in [5.41, 5.74) is 20.2. The van der Waals surface area contributed by atoms with E-state index in [2.05, 4.69) is 129 Å². The highest BCUT2D eigenvalue weighted by atomic mass is 14.8. The minimum atomic E-state index is 0.914. The molecule has 9 aromatic rings. The lowest BCUT2D eigenvalue weighted by molar-refractivity contribution is 1.32. The molecule has 3 aromatic carbocycles. The van der Waals surface area contributed by atoms with E-state index in [1.807, 2.05) is 24.3 Å². The summed E-state index contributed by atoms with van der Waals surface area (Å²) in [6.07, 6.45) is 8.17. The summed E-state index contributed by atoms with van der Waals surface area (Å²) in [5.74, 6) is 0. The van der Waals surface area contributed by atoms with Crippen molar-refractivity contribution < 1.29 is 0 Å². The van der Waals surface area contributed by atoms with Crippen LogP contribution in [0.4, 0.5) is 0 Å². The molecule has 6 aromatic heterocycles. The lowest BCUT2D eigenvalue weighted by atomic mass is 9.81. The van der Waals surface area contributed by atoms with Crippen molar-refractivity contribution in [2.75, 3.05) is 0 Å². The number of nitrogens with one attached hydrogen (secondary N) is 4. The van der Waals surface area contributed by atoms with Gasteiger partial charge in [-0.15, -0.1) is 0 Å². The monoisotopic (exact) mass is 690 g/mol. The van der Waals surface area contributed by atoms with Crippen molar-refractivity contribution in [2.45, 2.75) is 0 Å². The molecule has 4 aliphatic heterocycles. The Hall–Kier alpha value is -7.58. The molecule has 250 valence electrons. The number of nitrogens with zero attached hydrogens (tertiary/aromatic N) is 4. The highest BCUT2D eigenvalue weighted by molar-refractivity contribution is 6.30. The Labute approximate surface area is 306 Å². The molecule has 0 unspecified atom stereocenters. The van der Waals surface area contributed by atoms with Crippen molar-refractivity contribution in [1.82, 2.24) is 39.9 Å². The average Bonchev–Trinajstić information content (AvgIpc) is 3.99. The van der Waals surface area contributed by atoms with E-state index in [4.69, 9.17) is 19.9 Å². The van der Waals surface area contributed by atoms with Gasteiger partial charge < -0.3 is 19.9 Å². The Morgan fingerprint density at radius 2 is 0.500 bits per heavy atom. The molecule has 0 aliphatic carbocycles. The fourth-order valence-corrected chi connectivity index (χ4v) is 8.53. The molecule has 4 aliphatic rings.